The van der Waals surface area contributed by atoms with E-state index in [1.807, 2.05) is 19.9 Å². The maximum absolute atomic E-state index is 15.0. The molecule has 1 amide bonds. The molecule has 0 unspecified atom stereocenters. The number of nitrogens with zero attached hydrogens (tertiary/aromatic N) is 5. The van der Waals surface area contributed by atoms with E-state index in [4.69, 9.17) is 9.47 Å². The highest BCUT2D eigenvalue weighted by Gasteiger charge is 2.40. The molecule has 1 aliphatic carbocycles. The van der Waals surface area contributed by atoms with Crippen molar-refractivity contribution in [3.05, 3.63) is 35.4 Å². The van der Waals surface area contributed by atoms with Crippen LogP contribution in [0.4, 0.5) is 20.8 Å². The zero-order valence-electron chi connectivity index (χ0n) is 18.5. The maximum atomic E-state index is 15.0. The van der Waals surface area contributed by atoms with Crippen molar-refractivity contribution in [2.75, 3.05) is 12.4 Å². The van der Waals surface area contributed by atoms with E-state index in [0.717, 1.165) is 0 Å². The van der Waals surface area contributed by atoms with E-state index in [2.05, 4.69) is 30.9 Å². The number of aromatic nitrogens is 5. The second kappa shape index (κ2) is 9.41. The van der Waals surface area contributed by atoms with Gasteiger partial charge in [-0.3, -0.25) is 5.10 Å². The number of alkyl halides is 1. The van der Waals surface area contributed by atoms with Gasteiger partial charge in [0.05, 0.1) is 18.5 Å². The van der Waals surface area contributed by atoms with Gasteiger partial charge in [-0.2, -0.15) is 15.5 Å². The summed E-state index contributed by atoms with van der Waals surface area (Å²) >= 11 is 0. The average molecular weight is 456 g/mol. The Bertz CT molecular complexity index is 1180. The Labute approximate surface area is 189 Å². The molecule has 0 radical (unpaired) electrons. The molecule has 174 valence electrons. The molecule has 3 atom stereocenters. The number of amides is 1. The second-order valence-electron chi connectivity index (χ2n) is 8.19. The molecule has 1 aliphatic rings. The number of fused-ring (bicyclic) bond motifs is 1. The smallest absolute Gasteiger partial charge is 0.407 e. The third-order valence-corrected chi connectivity index (χ3v) is 5.32. The minimum Gasteiger partial charge on any atom is -0.443 e. The van der Waals surface area contributed by atoms with Crippen LogP contribution in [0.5, 0.6) is 0 Å². The Morgan fingerprint density at radius 1 is 1.42 bits per heavy atom. The highest BCUT2D eigenvalue weighted by Crippen LogP contribution is 2.38. The fraction of sp³-hybridized carbons (Fsp3) is 0.476. The third kappa shape index (κ3) is 4.88. The molecule has 3 N–H and O–H groups in total. The van der Waals surface area contributed by atoms with Gasteiger partial charge in [0.1, 0.15) is 23.9 Å². The third-order valence-electron chi connectivity index (χ3n) is 5.32. The summed E-state index contributed by atoms with van der Waals surface area (Å²) in [7, 11) is 1.57. The number of ether oxygens (including phenoxy) is 2. The number of nitrogens with one attached hydrogen (secondary N) is 3. The van der Waals surface area contributed by atoms with Crippen LogP contribution in [0.2, 0.25) is 0 Å². The normalized spacial score (nSPS) is 20.2. The minimum absolute atomic E-state index is 0.0880. The molecule has 3 aromatic rings. The minimum atomic E-state index is -1.35. The summed E-state index contributed by atoms with van der Waals surface area (Å²) in [5, 5.41) is 26.4. The van der Waals surface area contributed by atoms with Crippen molar-refractivity contribution < 1.29 is 18.7 Å². The number of hydrogen-bond acceptors (Lipinski definition) is 8. The van der Waals surface area contributed by atoms with E-state index in [1.54, 1.807) is 23.8 Å². The lowest BCUT2D eigenvalue weighted by atomic mass is 10.0. The van der Waals surface area contributed by atoms with Gasteiger partial charge >= 0.3 is 6.09 Å². The van der Waals surface area contributed by atoms with Crippen LogP contribution in [0.15, 0.2) is 18.3 Å². The average Bonchev–Trinajstić information content (AvgIpc) is 3.47. The quantitative estimate of drug-likeness (QED) is 0.493. The van der Waals surface area contributed by atoms with Crippen LogP contribution in [0.3, 0.4) is 0 Å². The van der Waals surface area contributed by atoms with Gasteiger partial charge in [0, 0.05) is 30.8 Å². The summed E-state index contributed by atoms with van der Waals surface area (Å²) in [5.41, 5.74) is 2.08. The van der Waals surface area contributed by atoms with Crippen LogP contribution >= 0.6 is 0 Å². The Kier molecular flexibility index (Phi) is 6.41. The van der Waals surface area contributed by atoms with Crippen molar-refractivity contribution in [2.24, 2.45) is 0 Å². The topological polar surface area (TPSA) is 142 Å². The lowest BCUT2D eigenvalue weighted by Gasteiger charge is -2.18. The number of carbonyl (C=O) groups is 1. The summed E-state index contributed by atoms with van der Waals surface area (Å²) in [6.07, 6.45) is -0.326. The maximum Gasteiger partial charge on any atom is 0.407 e. The number of aromatic amines is 1. The van der Waals surface area contributed by atoms with Crippen LogP contribution in [0, 0.1) is 11.3 Å². The lowest BCUT2D eigenvalue weighted by Crippen LogP contribution is -2.36. The molecule has 33 heavy (non-hydrogen) atoms. The summed E-state index contributed by atoms with van der Waals surface area (Å²) < 4.78 is 26.9. The van der Waals surface area contributed by atoms with Gasteiger partial charge in [-0.1, -0.05) is 0 Å². The monoisotopic (exact) mass is 456 g/mol. The summed E-state index contributed by atoms with van der Waals surface area (Å²) in [6.45, 7) is 3.93. The molecule has 0 saturated heterocycles. The van der Waals surface area contributed by atoms with E-state index in [9.17, 15) is 10.1 Å². The van der Waals surface area contributed by atoms with Crippen molar-refractivity contribution >= 4 is 23.2 Å². The SMILES string of the molecule is COCc1cc2c(Nc3cc([C@H]4CC[C@@H](OC(=O)NC(C)C)[C@@H]4F)[nH]n3)nc(C#N)cn2n1. The number of carbonyl (C=O) groups excluding carboxylic acids is 1. The van der Waals surface area contributed by atoms with Crippen LogP contribution in [-0.2, 0) is 16.1 Å². The molecule has 4 rings (SSSR count). The molecule has 0 aliphatic heterocycles. The largest absolute Gasteiger partial charge is 0.443 e. The predicted molar refractivity (Wildman–Crippen MR) is 116 cm³/mol. The summed E-state index contributed by atoms with van der Waals surface area (Å²) in [6, 6.07) is 5.41. The first-order chi connectivity index (χ1) is 15.9. The highest BCUT2D eigenvalue weighted by molar-refractivity contribution is 5.73. The van der Waals surface area contributed by atoms with Crippen LogP contribution in [-0.4, -0.2) is 56.3 Å². The van der Waals surface area contributed by atoms with E-state index in [1.165, 1.54) is 6.20 Å². The van der Waals surface area contributed by atoms with Crippen molar-refractivity contribution in [1.29, 1.82) is 5.26 Å². The molecular weight excluding hydrogens is 431 g/mol. The van der Waals surface area contributed by atoms with Crippen molar-refractivity contribution in [1.82, 2.24) is 30.1 Å². The highest BCUT2D eigenvalue weighted by atomic mass is 19.1. The molecule has 0 spiro atoms. The molecule has 3 heterocycles. The zero-order chi connectivity index (χ0) is 23.5. The van der Waals surface area contributed by atoms with Gasteiger partial charge in [-0.25, -0.2) is 18.7 Å². The fourth-order valence-corrected chi connectivity index (χ4v) is 3.90. The van der Waals surface area contributed by atoms with Gasteiger partial charge in [-0.05, 0) is 32.8 Å². The van der Waals surface area contributed by atoms with Crippen molar-refractivity contribution in [3.8, 4) is 6.07 Å². The van der Waals surface area contributed by atoms with E-state index in [0.29, 0.717) is 48.0 Å². The number of alkyl carbamates (subject to hydrolysis) is 1. The van der Waals surface area contributed by atoms with E-state index in [-0.39, 0.29) is 11.7 Å². The summed E-state index contributed by atoms with van der Waals surface area (Å²) in [4.78, 5) is 16.1. The first-order valence-electron chi connectivity index (χ1n) is 10.6. The van der Waals surface area contributed by atoms with Gasteiger partial charge in [0.2, 0.25) is 0 Å². The predicted octanol–water partition coefficient (Wildman–Crippen LogP) is 2.93. The molecular formula is C21H25FN8O3. The molecule has 3 aromatic heterocycles. The van der Waals surface area contributed by atoms with Crippen LogP contribution in [0.1, 0.15) is 49.7 Å². The summed E-state index contributed by atoms with van der Waals surface area (Å²) in [5.74, 6) is 0.321. The van der Waals surface area contributed by atoms with Crippen LogP contribution < -0.4 is 10.6 Å². The number of anilines is 2. The lowest BCUT2D eigenvalue weighted by molar-refractivity contribution is 0.0555. The zero-order valence-corrected chi connectivity index (χ0v) is 18.5. The Balaban J connectivity index is 1.50. The van der Waals surface area contributed by atoms with Gasteiger partial charge in [-0.15, -0.1) is 0 Å². The van der Waals surface area contributed by atoms with E-state index < -0.39 is 24.3 Å². The number of hydrogen-bond donors (Lipinski definition) is 3. The molecule has 12 heteroatoms. The fourth-order valence-electron chi connectivity index (χ4n) is 3.90. The number of methoxy groups -OCH3 is 1. The first kappa shape index (κ1) is 22.5. The first-order valence-corrected chi connectivity index (χ1v) is 10.6. The number of nitriles is 1. The van der Waals surface area contributed by atoms with Crippen molar-refractivity contribution in [2.45, 2.75) is 57.5 Å². The standard InChI is InChI=1S/C21H25FN8O3/c1-11(2)24-21(31)33-17-5-4-14(19(17)22)15-7-18(28-27-15)26-20-16-6-12(10-32-3)29-30(16)9-13(8-23)25-20/h6-7,9,11,14,17,19H,4-5,10H2,1-3H3,(H,24,31)(H2,25,26,27,28)/t14-,17-,19-/m1/s1. The molecule has 11 nitrogen and oxygen atoms in total. The number of rotatable bonds is 7. The van der Waals surface area contributed by atoms with Crippen LogP contribution in [0.25, 0.3) is 5.52 Å². The second-order valence-corrected chi connectivity index (χ2v) is 8.19. The molecule has 0 bridgehead atoms. The molecule has 0 aromatic carbocycles. The Morgan fingerprint density at radius 3 is 2.97 bits per heavy atom. The number of H-pyrrole nitrogens is 1. The molecule has 1 saturated carbocycles. The molecule has 1 fully saturated rings. The van der Waals surface area contributed by atoms with E-state index >= 15 is 4.39 Å². The van der Waals surface area contributed by atoms with Gasteiger partial charge in [0.15, 0.2) is 17.3 Å². The Hall–Kier alpha value is -3.72. The Morgan fingerprint density at radius 2 is 2.24 bits per heavy atom. The van der Waals surface area contributed by atoms with Crippen molar-refractivity contribution in [3.63, 3.8) is 0 Å². The van der Waals surface area contributed by atoms with Gasteiger partial charge in [0.25, 0.3) is 0 Å². The number of halogens is 1. The van der Waals surface area contributed by atoms with Gasteiger partial charge < -0.3 is 20.1 Å².